The number of carbonyl (C=O) groups is 1. The number of H-pyrrole nitrogens is 1. The van der Waals surface area contributed by atoms with E-state index in [0.29, 0.717) is 81.2 Å². The number of piperazine rings is 1. The quantitative estimate of drug-likeness (QED) is 0.0575. The number of nitro benzene ring substituents is 1. The average Bonchev–Trinajstić information content (AvgIpc) is 3.76. The third kappa shape index (κ3) is 11.7. The number of aromatic amines is 1. The van der Waals surface area contributed by atoms with Crippen molar-refractivity contribution in [3.8, 4) is 11.5 Å². The molecule has 69 heavy (non-hydrogen) atoms. The predicted octanol–water partition coefficient (Wildman–Crippen LogP) is 9.46. The second-order valence-electron chi connectivity index (χ2n) is 18.9. The van der Waals surface area contributed by atoms with Gasteiger partial charge in [0, 0.05) is 86.8 Å². The standard InChI is InChI=1S/C48H53ClF3N7O8S2/c1-47(2)14-12-33(40(25-47)38-9-6-34(22-41(38)49)48(50,51)52)29-56-17-19-57(20-18-56)35-7-10-39(45(23-35)67-36-21-32-13-15-53-46(32)55-27-36)44(60)30-69(65,66)37-8-11-42(43(24-37)59(61)62)54-26-31-5-4-16-58(28-31)68(3,63)64/h6-11,13,15,21-24,27,31,54H,4-5,12,14,16-20,25-26,28-30H2,1-3H3,(H,53,55). The fourth-order valence-electron chi connectivity index (χ4n) is 9.38. The van der Waals surface area contributed by atoms with Gasteiger partial charge in [-0.05, 0) is 103 Å². The molecule has 3 aliphatic rings. The zero-order valence-corrected chi connectivity index (χ0v) is 40.7. The van der Waals surface area contributed by atoms with Crippen molar-refractivity contribution < 1.29 is 44.5 Å². The number of alkyl halides is 3. The van der Waals surface area contributed by atoms with Gasteiger partial charge < -0.3 is 19.9 Å². The maximum Gasteiger partial charge on any atom is 0.416 e. The zero-order valence-electron chi connectivity index (χ0n) is 38.3. The Kier molecular flexibility index (Phi) is 14.2. The molecule has 0 radical (unpaired) electrons. The number of ether oxygens (including phenoxy) is 1. The van der Waals surface area contributed by atoms with Crippen molar-refractivity contribution in [1.29, 1.82) is 0 Å². The summed E-state index contributed by atoms with van der Waals surface area (Å²) >= 11 is 6.54. The molecular weight excluding hydrogens is 959 g/mol. The number of benzene rings is 3. The third-order valence-corrected chi connectivity index (χ3v) is 16.4. The first-order valence-electron chi connectivity index (χ1n) is 22.6. The summed E-state index contributed by atoms with van der Waals surface area (Å²) in [6.45, 7) is 8.24. The number of sulfonamides is 1. The van der Waals surface area contributed by atoms with E-state index in [1.807, 2.05) is 0 Å². The van der Waals surface area contributed by atoms with Crippen LogP contribution in [-0.2, 0) is 26.0 Å². The third-order valence-electron chi connectivity index (χ3n) is 13.2. The number of ketones is 1. The molecule has 0 bridgehead atoms. The van der Waals surface area contributed by atoms with Gasteiger partial charge in [0.2, 0.25) is 10.0 Å². The highest BCUT2D eigenvalue weighted by atomic mass is 35.5. The molecule has 0 amide bonds. The van der Waals surface area contributed by atoms with E-state index >= 15 is 0 Å². The van der Waals surface area contributed by atoms with Crippen LogP contribution in [0.4, 0.5) is 30.2 Å². The number of allylic oxidation sites excluding steroid dienone is 1. The van der Waals surface area contributed by atoms with Gasteiger partial charge in [-0.25, -0.2) is 26.1 Å². The lowest BCUT2D eigenvalue weighted by molar-refractivity contribution is -0.384. The number of fused-ring (bicyclic) bond motifs is 1. The zero-order chi connectivity index (χ0) is 49.5. The van der Waals surface area contributed by atoms with Gasteiger partial charge in [0.25, 0.3) is 5.69 Å². The number of pyridine rings is 1. The molecule has 5 aromatic rings. The van der Waals surface area contributed by atoms with Crippen molar-refractivity contribution in [3.63, 3.8) is 0 Å². The Morgan fingerprint density at radius 2 is 1.78 bits per heavy atom. The molecule has 2 saturated heterocycles. The summed E-state index contributed by atoms with van der Waals surface area (Å²) in [5.74, 6) is -1.56. The average molecular weight is 1010 g/mol. The molecule has 1 aliphatic carbocycles. The number of sulfone groups is 1. The second kappa shape index (κ2) is 19.7. The molecule has 3 aromatic carbocycles. The first kappa shape index (κ1) is 49.9. The first-order chi connectivity index (χ1) is 32.5. The van der Waals surface area contributed by atoms with Crippen LogP contribution in [0.2, 0.25) is 5.02 Å². The highest BCUT2D eigenvalue weighted by Gasteiger charge is 2.34. The maximum atomic E-state index is 14.1. The highest BCUT2D eigenvalue weighted by molar-refractivity contribution is 7.92. The number of piperidine rings is 1. The topological polar surface area (TPSA) is 188 Å². The Morgan fingerprint density at radius 1 is 1.01 bits per heavy atom. The minimum absolute atomic E-state index is 0.0276. The molecule has 0 spiro atoms. The van der Waals surface area contributed by atoms with Gasteiger partial charge in [0.15, 0.2) is 15.6 Å². The number of anilines is 2. The van der Waals surface area contributed by atoms with Crippen molar-refractivity contribution in [1.82, 2.24) is 19.2 Å². The number of aromatic nitrogens is 2. The molecule has 1 unspecified atom stereocenters. The van der Waals surface area contributed by atoms with Gasteiger partial charge in [-0.2, -0.15) is 13.2 Å². The molecule has 2 N–H and O–H groups in total. The molecule has 2 aliphatic heterocycles. The lowest BCUT2D eigenvalue weighted by Crippen LogP contribution is -2.47. The number of nitrogens with zero attached hydrogens (tertiary/aromatic N) is 5. The lowest BCUT2D eigenvalue weighted by atomic mass is 9.72. The number of hydrogen-bond acceptors (Lipinski definition) is 12. The van der Waals surface area contributed by atoms with Crippen LogP contribution in [0.3, 0.4) is 0 Å². The summed E-state index contributed by atoms with van der Waals surface area (Å²) in [7, 11) is -7.84. The number of rotatable bonds is 15. The Labute approximate surface area is 403 Å². The summed E-state index contributed by atoms with van der Waals surface area (Å²) in [6, 6.07) is 15.4. The molecule has 368 valence electrons. The highest BCUT2D eigenvalue weighted by Crippen LogP contribution is 2.46. The van der Waals surface area contributed by atoms with E-state index in [-0.39, 0.29) is 46.4 Å². The SMILES string of the molecule is CC1(C)CCC(CN2CCN(c3ccc(C(=O)CS(=O)(=O)c4ccc(NCC5CCCN(S(C)(=O)=O)C5)c([N+](=O)[O-])c4)c(Oc4cnc5[nH]ccc5c4)c3)CC2)=C(c2ccc(C(F)(F)F)cc2Cl)C1. The Balaban J connectivity index is 0.996. The molecule has 2 fully saturated rings. The molecule has 8 rings (SSSR count). The number of halogens is 4. The largest absolute Gasteiger partial charge is 0.455 e. The molecule has 21 heteroatoms. The fourth-order valence-corrected chi connectivity index (χ4v) is 11.8. The monoisotopic (exact) mass is 1010 g/mol. The van der Waals surface area contributed by atoms with Crippen LogP contribution >= 0.6 is 11.6 Å². The van der Waals surface area contributed by atoms with Gasteiger partial charge >= 0.3 is 6.18 Å². The number of nitro groups is 1. The van der Waals surface area contributed by atoms with Crippen LogP contribution in [0, 0.1) is 21.4 Å². The van der Waals surface area contributed by atoms with Crippen LogP contribution in [-0.4, -0.2) is 111 Å². The van der Waals surface area contributed by atoms with Crippen molar-refractivity contribution >= 4 is 70.9 Å². The minimum Gasteiger partial charge on any atom is -0.455 e. The van der Waals surface area contributed by atoms with Crippen molar-refractivity contribution in [2.45, 2.75) is 57.0 Å². The summed E-state index contributed by atoms with van der Waals surface area (Å²) in [5, 5.41) is 16.0. The van der Waals surface area contributed by atoms with Crippen molar-refractivity contribution in [3.05, 3.63) is 117 Å². The normalized spacial score (nSPS) is 18.7. The number of carbonyl (C=O) groups excluding carboxylic acids is 1. The summed E-state index contributed by atoms with van der Waals surface area (Å²) in [4.78, 5) is 37.0. The van der Waals surface area contributed by atoms with Crippen LogP contribution in [0.5, 0.6) is 11.5 Å². The van der Waals surface area contributed by atoms with E-state index in [1.165, 1.54) is 34.8 Å². The van der Waals surface area contributed by atoms with E-state index in [0.717, 1.165) is 53.8 Å². The maximum absolute atomic E-state index is 14.1. The van der Waals surface area contributed by atoms with E-state index in [9.17, 15) is 44.9 Å². The van der Waals surface area contributed by atoms with Crippen molar-refractivity contribution in [2.75, 3.05) is 74.6 Å². The van der Waals surface area contributed by atoms with E-state index in [4.69, 9.17) is 16.3 Å². The van der Waals surface area contributed by atoms with Crippen LogP contribution in [0.1, 0.15) is 67.4 Å². The van der Waals surface area contributed by atoms with Crippen LogP contribution in [0.15, 0.2) is 89.6 Å². The molecule has 4 heterocycles. The number of Topliss-reactive ketones (excluding diaryl/α,β-unsaturated/α-hetero) is 1. The Hall–Kier alpha value is -5.54. The molecule has 15 nitrogen and oxygen atoms in total. The smallest absolute Gasteiger partial charge is 0.416 e. The van der Waals surface area contributed by atoms with E-state index in [1.54, 1.807) is 30.5 Å². The van der Waals surface area contributed by atoms with Gasteiger partial charge in [-0.1, -0.05) is 37.1 Å². The predicted molar refractivity (Wildman–Crippen MR) is 259 cm³/mol. The van der Waals surface area contributed by atoms with Crippen LogP contribution < -0.4 is 15.0 Å². The van der Waals surface area contributed by atoms with E-state index < -0.39 is 58.6 Å². The molecule has 0 saturated carbocycles. The van der Waals surface area contributed by atoms with E-state index in [2.05, 4.69) is 38.9 Å². The molecule has 2 aromatic heterocycles. The minimum atomic E-state index is -4.51. The van der Waals surface area contributed by atoms with Gasteiger partial charge in [-0.15, -0.1) is 0 Å². The van der Waals surface area contributed by atoms with Crippen molar-refractivity contribution in [2.24, 2.45) is 11.3 Å². The summed E-state index contributed by atoms with van der Waals surface area (Å²) in [5.41, 5.74) is 2.75. The van der Waals surface area contributed by atoms with Gasteiger partial charge in [-0.3, -0.25) is 19.8 Å². The Morgan fingerprint density at radius 3 is 2.49 bits per heavy atom. The number of nitrogens with one attached hydrogen (secondary N) is 2. The lowest BCUT2D eigenvalue weighted by Gasteiger charge is -2.39. The summed E-state index contributed by atoms with van der Waals surface area (Å²) in [6.07, 6.45) is 3.55. The molecule has 1 atom stereocenters. The first-order valence-corrected chi connectivity index (χ1v) is 26.4. The summed E-state index contributed by atoms with van der Waals surface area (Å²) < 4.78 is 100. The number of hydrogen-bond donors (Lipinski definition) is 2. The van der Waals surface area contributed by atoms with Crippen LogP contribution in [0.25, 0.3) is 16.6 Å². The van der Waals surface area contributed by atoms with Gasteiger partial charge in [0.1, 0.15) is 28.6 Å². The van der Waals surface area contributed by atoms with Gasteiger partial charge in [0.05, 0.1) is 33.4 Å². The molecular formula is C48H53ClF3N7O8S2. The fraction of sp³-hybridized carbons (Fsp3) is 0.417. The second-order valence-corrected chi connectivity index (χ2v) is 23.3. The Bertz CT molecular complexity index is 3050.